The van der Waals surface area contributed by atoms with Gasteiger partial charge >= 0.3 is 0 Å². The Bertz CT molecular complexity index is 201. The fraction of sp³-hybridized carbons (Fsp3) is 0.778. The van der Waals surface area contributed by atoms with Gasteiger partial charge in [0.25, 0.3) is 8.08 Å². The van der Waals surface area contributed by atoms with E-state index >= 15 is 0 Å². The van der Waals surface area contributed by atoms with E-state index < -0.39 is 24.7 Å². The number of hydrogen-bond acceptors (Lipinski definition) is 2. The molecule has 0 N–H and O–H groups in total. The van der Waals surface area contributed by atoms with Crippen LogP contribution >= 0.6 is 0 Å². The molecule has 0 saturated carbocycles. The van der Waals surface area contributed by atoms with E-state index in [1.807, 2.05) is 5.70 Å². The van der Waals surface area contributed by atoms with Crippen LogP contribution in [0.1, 0.15) is 0 Å². The molecular weight excluding hydrogens is 252 g/mol. The highest BCUT2D eigenvalue weighted by molar-refractivity contribution is 7.23. The van der Waals surface area contributed by atoms with Crippen LogP contribution in [0.3, 0.4) is 0 Å². The van der Waals surface area contributed by atoms with Gasteiger partial charge in [0, 0.05) is 0 Å². The van der Waals surface area contributed by atoms with E-state index in [4.69, 9.17) is 8.23 Å². The topological polar surface area (TPSA) is 18.5 Å². The largest absolute Gasteiger partial charge is 0.439 e. The Kier molecular flexibility index (Phi) is 5.42. The van der Waals surface area contributed by atoms with Crippen LogP contribution in [0.4, 0.5) is 0 Å². The van der Waals surface area contributed by atoms with Crippen molar-refractivity contribution in [3.8, 4) is 0 Å². The van der Waals surface area contributed by atoms with Crippen molar-refractivity contribution in [2.24, 2.45) is 0 Å². The maximum Gasteiger partial charge on any atom is 0.292 e. The van der Waals surface area contributed by atoms with Crippen LogP contribution < -0.4 is 0 Å². The zero-order valence-electron chi connectivity index (χ0n) is 11.1. The summed E-state index contributed by atoms with van der Waals surface area (Å²) >= 11 is 0. The Labute approximate surface area is 100 Å². The van der Waals surface area contributed by atoms with E-state index in [9.17, 15) is 0 Å². The third kappa shape index (κ3) is 8.35. The van der Waals surface area contributed by atoms with E-state index in [1.54, 1.807) is 0 Å². The minimum atomic E-state index is -1.99. The van der Waals surface area contributed by atoms with E-state index in [0.29, 0.717) is 9.04 Å². The van der Waals surface area contributed by atoms with E-state index in [2.05, 4.69) is 52.4 Å². The van der Waals surface area contributed by atoms with Gasteiger partial charge in [0.05, 0.1) is 0 Å². The van der Waals surface area contributed by atoms with E-state index in [1.165, 1.54) is 0 Å². The van der Waals surface area contributed by atoms with Crippen LogP contribution in [-0.4, -0.2) is 33.8 Å². The molecule has 0 atom stereocenters. The molecule has 0 bridgehead atoms. The molecule has 0 aromatic heterocycles. The fourth-order valence-corrected chi connectivity index (χ4v) is 19.9. The van der Waals surface area contributed by atoms with Crippen molar-refractivity contribution < 1.29 is 8.23 Å². The van der Waals surface area contributed by atoms with Gasteiger partial charge in [0.15, 0.2) is 16.6 Å². The SMILES string of the molecule is C=C[Si][Si](C)(O[Si](C)(C)C)O[Si](C)(C)C. The normalized spacial score (nSPS) is 14.1. The van der Waals surface area contributed by atoms with Gasteiger partial charge in [-0.2, -0.15) is 0 Å². The summed E-state index contributed by atoms with van der Waals surface area (Å²) in [6.07, 6.45) is 0. The lowest BCUT2D eigenvalue weighted by molar-refractivity contribution is 0.414. The summed E-state index contributed by atoms with van der Waals surface area (Å²) in [6, 6.07) is 0. The van der Waals surface area contributed by atoms with Gasteiger partial charge in [0.1, 0.15) is 9.04 Å². The van der Waals surface area contributed by atoms with Crippen LogP contribution in [0.25, 0.3) is 0 Å². The molecule has 0 heterocycles. The van der Waals surface area contributed by atoms with Crippen LogP contribution in [0, 0.1) is 0 Å². The first kappa shape index (κ1) is 15.5. The maximum atomic E-state index is 6.27. The average molecular weight is 277 g/mol. The maximum absolute atomic E-state index is 6.27. The van der Waals surface area contributed by atoms with Gasteiger partial charge in [-0.05, 0) is 45.8 Å². The monoisotopic (exact) mass is 276 g/mol. The highest BCUT2D eigenvalue weighted by Crippen LogP contribution is 2.19. The van der Waals surface area contributed by atoms with Crippen molar-refractivity contribution in [3.05, 3.63) is 12.3 Å². The average Bonchev–Trinajstić information content (AvgIpc) is 1.74. The molecule has 0 saturated heterocycles. The van der Waals surface area contributed by atoms with Gasteiger partial charge in [-0.25, -0.2) is 0 Å². The molecule has 0 rings (SSSR count). The second kappa shape index (κ2) is 5.24. The Morgan fingerprint density at radius 1 is 0.867 bits per heavy atom. The quantitative estimate of drug-likeness (QED) is 0.694. The molecule has 0 spiro atoms. The fourth-order valence-electron chi connectivity index (χ4n) is 1.43. The van der Waals surface area contributed by atoms with Gasteiger partial charge in [-0.1, -0.05) is 0 Å². The molecular formula is C9H24O2Si4. The molecule has 0 fully saturated rings. The molecule has 0 aliphatic rings. The van der Waals surface area contributed by atoms with Crippen LogP contribution in [-0.2, 0) is 8.23 Å². The number of rotatable bonds is 6. The van der Waals surface area contributed by atoms with Crippen LogP contribution in [0.2, 0.25) is 45.8 Å². The minimum absolute atomic E-state index is 0.634. The first-order valence-electron chi connectivity index (χ1n) is 5.26. The first-order chi connectivity index (χ1) is 6.47. The third-order valence-corrected chi connectivity index (χ3v) is 14.1. The van der Waals surface area contributed by atoms with Crippen molar-refractivity contribution >= 4 is 33.8 Å². The molecule has 2 radical (unpaired) electrons. The molecule has 88 valence electrons. The summed E-state index contributed by atoms with van der Waals surface area (Å²) in [5, 5.41) is 0. The molecule has 0 aromatic rings. The van der Waals surface area contributed by atoms with Crippen LogP contribution in [0.5, 0.6) is 0 Å². The van der Waals surface area contributed by atoms with Gasteiger partial charge < -0.3 is 8.23 Å². The Morgan fingerprint density at radius 3 is 1.40 bits per heavy atom. The summed E-state index contributed by atoms with van der Waals surface area (Å²) in [4.78, 5) is 0. The lowest BCUT2D eigenvalue weighted by Gasteiger charge is -2.37. The Balaban J connectivity index is 4.66. The molecule has 15 heavy (non-hydrogen) atoms. The second-order valence-electron chi connectivity index (χ2n) is 5.72. The van der Waals surface area contributed by atoms with Gasteiger partial charge in [0.2, 0.25) is 0 Å². The van der Waals surface area contributed by atoms with Gasteiger partial charge in [-0.15, -0.1) is 12.3 Å². The summed E-state index contributed by atoms with van der Waals surface area (Å²) < 4.78 is 12.5. The van der Waals surface area contributed by atoms with Crippen molar-refractivity contribution in [2.75, 3.05) is 0 Å². The Hall–Kier alpha value is 0.528. The Morgan fingerprint density at radius 2 is 1.20 bits per heavy atom. The second-order valence-corrected chi connectivity index (χ2v) is 22.0. The zero-order chi connectivity index (χ0) is 12.3. The van der Waals surface area contributed by atoms with Crippen molar-refractivity contribution in [1.82, 2.24) is 0 Å². The highest BCUT2D eigenvalue weighted by atomic mass is 29.2. The zero-order valence-corrected chi connectivity index (χ0v) is 15.1. The first-order valence-corrected chi connectivity index (χ1v) is 16.5. The lowest BCUT2D eigenvalue weighted by Crippen LogP contribution is -2.56. The molecule has 0 unspecified atom stereocenters. The molecule has 0 aliphatic carbocycles. The predicted molar refractivity (Wildman–Crippen MR) is 76.4 cm³/mol. The molecule has 6 heteroatoms. The van der Waals surface area contributed by atoms with Gasteiger partial charge in [-0.3, -0.25) is 0 Å². The van der Waals surface area contributed by atoms with Crippen LogP contribution in [0.15, 0.2) is 12.3 Å². The molecule has 2 nitrogen and oxygen atoms in total. The summed E-state index contributed by atoms with van der Waals surface area (Å²) in [5.74, 6) is 0. The minimum Gasteiger partial charge on any atom is -0.439 e. The van der Waals surface area contributed by atoms with Crippen molar-refractivity contribution in [1.29, 1.82) is 0 Å². The van der Waals surface area contributed by atoms with Crippen molar-refractivity contribution in [3.63, 3.8) is 0 Å². The summed E-state index contributed by atoms with van der Waals surface area (Å²) in [7, 11) is -4.38. The summed E-state index contributed by atoms with van der Waals surface area (Å²) in [6.45, 7) is 19.3. The highest BCUT2D eigenvalue weighted by Gasteiger charge is 2.39. The van der Waals surface area contributed by atoms with Crippen molar-refractivity contribution in [2.45, 2.75) is 45.8 Å². The number of hydrogen-bond donors (Lipinski definition) is 0. The predicted octanol–water partition coefficient (Wildman–Crippen LogP) is 3.11. The smallest absolute Gasteiger partial charge is 0.292 e. The molecule has 0 aromatic carbocycles. The van der Waals surface area contributed by atoms with E-state index in [0.717, 1.165) is 0 Å². The summed E-state index contributed by atoms with van der Waals surface area (Å²) in [5.41, 5.74) is 1.96. The molecule has 0 aliphatic heterocycles. The molecule has 0 amide bonds. The third-order valence-electron chi connectivity index (χ3n) is 1.37. The standard InChI is InChI=1S/C9H24O2Si4/c1-9-12-15(8,10-13(2,3)4)11-14(5,6)7/h9H,1H2,2-8H3. The lowest BCUT2D eigenvalue weighted by atomic mass is 11.3. The van der Waals surface area contributed by atoms with E-state index in [-0.39, 0.29) is 0 Å².